The van der Waals surface area contributed by atoms with Gasteiger partial charge in [0.1, 0.15) is 0 Å². The molecule has 0 aliphatic heterocycles. The molecule has 3 nitrogen and oxygen atoms in total. The first-order valence-corrected chi connectivity index (χ1v) is 7.44. The van der Waals surface area contributed by atoms with Crippen molar-refractivity contribution in [2.75, 3.05) is 20.1 Å². The lowest BCUT2D eigenvalue weighted by atomic mass is 10.2. The molecule has 1 aromatic rings. The van der Waals surface area contributed by atoms with Crippen LogP contribution < -0.4 is 5.32 Å². The lowest BCUT2D eigenvalue weighted by Crippen LogP contribution is -2.34. The van der Waals surface area contributed by atoms with E-state index in [2.05, 4.69) is 29.2 Å². The molecule has 1 saturated carbocycles. The van der Waals surface area contributed by atoms with Crippen molar-refractivity contribution in [3.63, 3.8) is 0 Å². The molecule has 96 valence electrons. The largest absolute Gasteiger partial charge is 0.313 e. The Balaban J connectivity index is 1.63. The van der Waals surface area contributed by atoms with Gasteiger partial charge < -0.3 is 5.32 Å². The van der Waals surface area contributed by atoms with Crippen LogP contribution in [0.1, 0.15) is 36.3 Å². The Morgan fingerprint density at radius 1 is 1.47 bits per heavy atom. The maximum atomic E-state index is 4.29. The van der Waals surface area contributed by atoms with Crippen LogP contribution in [0.4, 0.5) is 0 Å². The smallest absolute Gasteiger partial charge is 0.0798 e. The standard InChI is InChI=1S/C13H23N3S/c1-11-13(17-10-15-11)9-16(2)8-7-14-12-5-3-4-6-12/h10,12,14H,3-9H2,1-2H3. The molecule has 0 atom stereocenters. The maximum Gasteiger partial charge on any atom is 0.0798 e. The van der Waals surface area contributed by atoms with E-state index >= 15 is 0 Å². The molecule has 1 fully saturated rings. The van der Waals surface area contributed by atoms with Crippen molar-refractivity contribution in [3.05, 3.63) is 16.1 Å². The van der Waals surface area contributed by atoms with Gasteiger partial charge in [-0.1, -0.05) is 12.8 Å². The zero-order valence-electron chi connectivity index (χ0n) is 10.9. The molecule has 2 rings (SSSR count). The number of hydrogen-bond donors (Lipinski definition) is 1. The Morgan fingerprint density at radius 3 is 2.88 bits per heavy atom. The van der Waals surface area contributed by atoms with E-state index in [0.29, 0.717) is 0 Å². The SMILES string of the molecule is Cc1ncsc1CN(C)CCNC1CCCC1. The predicted octanol–water partition coefficient (Wildman–Crippen LogP) is 2.42. The molecule has 0 unspecified atom stereocenters. The molecule has 0 aromatic carbocycles. The molecule has 0 bridgehead atoms. The topological polar surface area (TPSA) is 28.2 Å². The van der Waals surface area contributed by atoms with E-state index in [1.165, 1.54) is 36.3 Å². The molecule has 4 heteroatoms. The average molecular weight is 253 g/mol. The minimum absolute atomic E-state index is 0.786. The van der Waals surface area contributed by atoms with Gasteiger partial charge in [-0.15, -0.1) is 11.3 Å². The predicted molar refractivity (Wildman–Crippen MR) is 73.4 cm³/mol. The minimum atomic E-state index is 0.786. The second-order valence-electron chi connectivity index (χ2n) is 5.03. The second kappa shape index (κ2) is 6.47. The van der Waals surface area contributed by atoms with Crippen molar-refractivity contribution in [3.8, 4) is 0 Å². The first-order chi connectivity index (χ1) is 8.25. The van der Waals surface area contributed by atoms with Crippen molar-refractivity contribution < 1.29 is 0 Å². The molecule has 1 aliphatic carbocycles. The molecule has 1 aromatic heterocycles. The monoisotopic (exact) mass is 253 g/mol. The molecule has 1 aliphatic rings. The molecule has 1 N–H and O–H groups in total. The van der Waals surface area contributed by atoms with Gasteiger partial charge in [0.15, 0.2) is 0 Å². The number of thiazole rings is 1. The maximum absolute atomic E-state index is 4.29. The van der Waals surface area contributed by atoms with Crippen LogP contribution in [-0.2, 0) is 6.54 Å². The lowest BCUT2D eigenvalue weighted by molar-refractivity contribution is 0.318. The third-order valence-corrected chi connectivity index (χ3v) is 4.46. The van der Waals surface area contributed by atoms with Crippen LogP contribution in [0.15, 0.2) is 5.51 Å². The van der Waals surface area contributed by atoms with Gasteiger partial charge in [-0.05, 0) is 26.8 Å². The van der Waals surface area contributed by atoms with Crippen molar-refractivity contribution in [1.29, 1.82) is 0 Å². The summed E-state index contributed by atoms with van der Waals surface area (Å²) in [5.41, 5.74) is 3.13. The summed E-state index contributed by atoms with van der Waals surface area (Å²) < 4.78 is 0. The van der Waals surface area contributed by atoms with Crippen LogP contribution in [0.5, 0.6) is 0 Å². The van der Waals surface area contributed by atoms with E-state index in [9.17, 15) is 0 Å². The van der Waals surface area contributed by atoms with Crippen LogP contribution in [0.2, 0.25) is 0 Å². The molecule has 17 heavy (non-hydrogen) atoms. The number of likely N-dealkylation sites (N-methyl/N-ethyl adjacent to an activating group) is 1. The summed E-state index contributed by atoms with van der Waals surface area (Å²) in [6, 6.07) is 0.786. The van der Waals surface area contributed by atoms with Crippen LogP contribution in [0.25, 0.3) is 0 Å². The third kappa shape index (κ3) is 4.05. The van der Waals surface area contributed by atoms with Gasteiger partial charge >= 0.3 is 0 Å². The van der Waals surface area contributed by atoms with E-state index in [1.807, 2.05) is 5.51 Å². The van der Waals surface area contributed by atoms with E-state index < -0.39 is 0 Å². The Kier molecular flexibility index (Phi) is 4.95. The number of rotatable bonds is 6. The van der Waals surface area contributed by atoms with Gasteiger partial charge in [0.05, 0.1) is 11.2 Å². The molecule has 0 saturated heterocycles. The highest BCUT2D eigenvalue weighted by atomic mass is 32.1. The number of aryl methyl sites for hydroxylation is 1. The summed E-state index contributed by atoms with van der Waals surface area (Å²) in [5, 5.41) is 3.65. The van der Waals surface area contributed by atoms with Gasteiger partial charge in [-0.3, -0.25) is 4.90 Å². The zero-order chi connectivity index (χ0) is 12.1. The Bertz CT molecular complexity index is 331. The summed E-state index contributed by atoms with van der Waals surface area (Å²) in [4.78, 5) is 8.06. The van der Waals surface area contributed by atoms with Gasteiger partial charge in [-0.2, -0.15) is 0 Å². The summed E-state index contributed by atoms with van der Waals surface area (Å²) >= 11 is 1.76. The van der Waals surface area contributed by atoms with Crippen molar-refractivity contribution in [2.24, 2.45) is 0 Å². The van der Waals surface area contributed by atoms with Gasteiger partial charge in [-0.25, -0.2) is 4.98 Å². The summed E-state index contributed by atoms with van der Waals surface area (Å²) in [6.07, 6.45) is 5.57. The van der Waals surface area contributed by atoms with Crippen LogP contribution >= 0.6 is 11.3 Å². The molecule has 0 amide bonds. The fourth-order valence-electron chi connectivity index (χ4n) is 2.39. The van der Waals surface area contributed by atoms with E-state index in [0.717, 1.165) is 25.7 Å². The molecule has 0 spiro atoms. The van der Waals surface area contributed by atoms with E-state index in [-0.39, 0.29) is 0 Å². The first-order valence-electron chi connectivity index (χ1n) is 6.56. The minimum Gasteiger partial charge on any atom is -0.313 e. The van der Waals surface area contributed by atoms with Crippen molar-refractivity contribution in [1.82, 2.24) is 15.2 Å². The zero-order valence-corrected chi connectivity index (χ0v) is 11.7. The molecular formula is C13H23N3S. The summed E-state index contributed by atoms with van der Waals surface area (Å²) in [6.45, 7) is 5.35. The van der Waals surface area contributed by atoms with Crippen LogP contribution in [-0.4, -0.2) is 36.1 Å². The number of nitrogens with zero attached hydrogens (tertiary/aromatic N) is 2. The highest BCUT2D eigenvalue weighted by Crippen LogP contribution is 2.17. The quantitative estimate of drug-likeness (QED) is 0.844. The summed E-state index contributed by atoms with van der Waals surface area (Å²) in [5.74, 6) is 0. The van der Waals surface area contributed by atoms with E-state index in [4.69, 9.17) is 0 Å². The fraction of sp³-hybridized carbons (Fsp3) is 0.769. The van der Waals surface area contributed by atoms with Gasteiger partial charge in [0.2, 0.25) is 0 Å². The average Bonchev–Trinajstić information content (AvgIpc) is 2.92. The first kappa shape index (κ1) is 13.0. The second-order valence-corrected chi connectivity index (χ2v) is 5.97. The third-order valence-electron chi connectivity index (χ3n) is 3.54. The molecule has 1 heterocycles. The Morgan fingerprint density at radius 2 is 2.24 bits per heavy atom. The number of aromatic nitrogens is 1. The number of nitrogens with one attached hydrogen (secondary N) is 1. The van der Waals surface area contributed by atoms with Crippen molar-refractivity contribution >= 4 is 11.3 Å². The van der Waals surface area contributed by atoms with Crippen LogP contribution in [0, 0.1) is 6.92 Å². The Labute approximate surface area is 108 Å². The normalized spacial score (nSPS) is 17.1. The number of hydrogen-bond acceptors (Lipinski definition) is 4. The Hall–Kier alpha value is -0.450. The van der Waals surface area contributed by atoms with Gasteiger partial charge in [0.25, 0.3) is 0 Å². The van der Waals surface area contributed by atoms with E-state index in [1.54, 1.807) is 11.3 Å². The highest BCUT2D eigenvalue weighted by Gasteiger charge is 2.13. The van der Waals surface area contributed by atoms with Crippen LogP contribution in [0.3, 0.4) is 0 Å². The highest BCUT2D eigenvalue weighted by molar-refractivity contribution is 7.09. The van der Waals surface area contributed by atoms with Crippen molar-refractivity contribution in [2.45, 2.75) is 45.2 Å². The molecule has 0 radical (unpaired) electrons. The lowest BCUT2D eigenvalue weighted by Gasteiger charge is -2.18. The summed E-state index contributed by atoms with van der Waals surface area (Å²) in [7, 11) is 2.19. The molecular weight excluding hydrogens is 230 g/mol. The fourth-order valence-corrected chi connectivity index (χ4v) is 3.25. The van der Waals surface area contributed by atoms with Gasteiger partial charge in [0, 0.05) is 30.6 Å².